The number of aliphatic imine (C=N–C) groups is 1. The van der Waals surface area contributed by atoms with Crippen molar-refractivity contribution in [1.82, 2.24) is 10.3 Å². The summed E-state index contributed by atoms with van der Waals surface area (Å²) in [5.74, 6) is 0.604. The van der Waals surface area contributed by atoms with Crippen LogP contribution in [0.1, 0.15) is 37.5 Å². The zero-order valence-corrected chi connectivity index (χ0v) is 19.4. The molecule has 0 saturated heterocycles. The molecule has 3 aromatic rings. The molecule has 3 N–H and O–H groups in total. The molecule has 0 aliphatic carbocycles. The topological polar surface area (TPSA) is 61.3 Å². The molecule has 0 radical (unpaired) electrons. The second-order valence-electron chi connectivity index (χ2n) is 8.81. The van der Waals surface area contributed by atoms with Gasteiger partial charge in [-0.15, -0.1) is 0 Å². The molecule has 1 atom stereocenters. The fourth-order valence-corrected chi connectivity index (χ4v) is 3.97. The Hall–Kier alpha value is -3.55. The number of hydrogen-bond donors (Lipinski definition) is 3. The minimum absolute atomic E-state index is 0.0399. The number of amidine groups is 1. The number of pyridine rings is 1. The number of fused-ring (bicyclic) bond motifs is 1. The zero-order chi connectivity index (χ0) is 24.3. The maximum Gasteiger partial charge on any atom is 0.416 e. The van der Waals surface area contributed by atoms with Crippen LogP contribution in [0.5, 0.6) is 0 Å². The Balaban J connectivity index is 1.41. The summed E-state index contributed by atoms with van der Waals surface area (Å²) in [4.78, 5) is 8.76. The normalized spacial score (nSPS) is 14.1. The highest BCUT2D eigenvalue weighted by Crippen LogP contribution is 2.33. The van der Waals surface area contributed by atoms with Gasteiger partial charge in [0.1, 0.15) is 12.5 Å². The van der Waals surface area contributed by atoms with Crippen LogP contribution in [0, 0.1) is 0 Å². The number of halogens is 3. The van der Waals surface area contributed by atoms with E-state index < -0.39 is 11.7 Å². The number of alkyl halides is 3. The van der Waals surface area contributed by atoms with Crippen LogP contribution in [0.2, 0.25) is 0 Å². The van der Waals surface area contributed by atoms with E-state index in [2.05, 4.69) is 70.1 Å². The van der Waals surface area contributed by atoms with Crippen molar-refractivity contribution in [3.63, 3.8) is 0 Å². The average Bonchev–Trinajstić information content (AvgIpc) is 2.78. The van der Waals surface area contributed by atoms with Gasteiger partial charge in [-0.05, 0) is 62.6 Å². The van der Waals surface area contributed by atoms with Crippen LogP contribution in [0.3, 0.4) is 0 Å². The third-order valence-electron chi connectivity index (χ3n) is 5.51. The molecular weight excluding hydrogens is 439 g/mol. The van der Waals surface area contributed by atoms with Gasteiger partial charge in [-0.2, -0.15) is 13.2 Å². The van der Waals surface area contributed by atoms with Crippen molar-refractivity contribution < 1.29 is 13.2 Å². The summed E-state index contributed by atoms with van der Waals surface area (Å²) in [5, 5.41) is 9.66. The fourth-order valence-electron chi connectivity index (χ4n) is 3.97. The largest absolute Gasteiger partial charge is 0.416 e. The maximum atomic E-state index is 13.0. The third-order valence-corrected chi connectivity index (χ3v) is 5.51. The molecule has 2 heterocycles. The monoisotopic (exact) mass is 467 g/mol. The first-order valence-corrected chi connectivity index (χ1v) is 11.3. The van der Waals surface area contributed by atoms with Crippen molar-refractivity contribution in [1.29, 1.82) is 0 Å². The molecule has 0 amide bonds. The highest BCUT2D eigenvalue weighted by molar-refractivity contribution is 6.04. The predicted molar refractivity (Wildman–Crippen MR) is 131 cm³/mol. The van der Waals surface area contributed by atoms with E-state index in [1.807, 2.05) is 19.3 Å². The number of nitrogens with one attached hydrogen (secondary N) is 3. The maximum absolute atomic E-state index is 13.0. The van der Waals surface area contributed by atoms with Crippen LogP contribution < -0.4 is 16.0 Å². The smallest absolute Gasteiger partial charge is 0.382 e. The lowest BCUT2D eigenvalue weighted by molar-refractivity contribution is -0.137. The number of anilines is 2. The van der Waals surface area contributed by atoms with Gasteiger partial charge in [-0.25, -0.2) is 4.99 Å². The van der Waals surface area contributed by atoms with E-state index in [-0.39, 0.29) is 12.7 Å². The van der Waals surface area contributed by atoms with E-state index in [1.165, 1.54) is 6.07 Å². The molecule has 8 heteroatoms. The van der Waals surface area contributed by atoms with Crippen molar-refractivity contribution in [2.45, 2.75) is 45.5 Å². The van der Waals surface area contributed by atoms with Crippen LogP contribution >= 0.6 is 0 Å². The van der Waals surface area contributed by atoms with Gasteiger partial charge in [0.05, 0.1) is 11.3 Å². The molecule has 1 aliphatic heterocycles. The molecule has 0 saturated carbocycles. The lowest BCUT2D eigenvalue weighted by Gasteiger charge is -2.24. The molecule has 1 aliphatic rings. The van der Waals surface area contributed by atoms with Crippen LogP contribution in [-0.2, 0) is 12.6 Å². The van der Waals surface area contributed by atoms with Gasteiger partial charge in [0.25, 0.3) is 0 Å². The minimum atomic E-state index is -4.37. The molecule has 5 nitrogen and oxygen atoms in total. The number of nitrogens with zero attached hydrogens (tertiary/aromatic N) is 2. The summed E-state index contributed by atoms with van der Waals surface area (Å²) in [6.45, 7) is 6.44. The summed E-state index contributed by atoms with van der Waals surface area (Å²) >= 11 is 0. The van der Waals surface area contributed by atoms with Crippen molar-refractivity contribution in [2.24, 2.45) is 4.99 Å². The summed E-state index contributed by atoms with van der Waals surface area (Å²) in [6.07, 6.45) is 0.0367. The van der Waals surface area contributed by atoms with Crippen molar-refractivity contribution in [2.75, 3.05) is 17.3 Å². The van der Waals surface area contributed by atoms with Crippen LogP contribution in [-0.4, -0.2) is 29.6 Å². The van der Waals surface area contributed by atoms with Gasteiger partial charge in [0.2, 0.25) is 0 Å². The van der Waals surface area contributed by atoms with E-state index in [1.54, 1.807) is 0 Å². The second kappa shape index (κ2) is 9.75. The van der Waals surface area contributed by atoms with E-state index in [0.29, 0.717) is 23.1 Å². The number of aromatic nitrogens is 1. The first-order valence-electron chi connectivity index (χ1n) is 11.3. The SMILES string of the molecule is CC(C)Nc1cncc(-c2ccc(CC(C)NC3=NCNc4cc(C(F)(F)F)ccc43)cc2)c1. The van der Waals surface area contributed by atoms with Gasteiger partial charge >= 0.3 is 6.18 Å². The highest BCUT2D eigenvalue weighted by Gasteiger charge is 2.31. The third kappa shape index (κ3) is 5.68. The molecule has 0 spiro atoms. The number of benzene rings is 2. The molecule has 34 heavy (non-hydrogen) atoms. The van der Waals surface area contributed by atoms with E-state index >= 15 is 0 Å². The van der Waals surface area contributed by atoms with Gasteiger partial charge in [0, 0.05) is 41.3 Å². The Morgan fingerprint density at radius 3 is 2.41 bits per heavy atom. The lowest BCUT2D eigenvalue weighted by atomic mass is 10.0. The molecule has 0 fully saturated rings. The lowest BCUT2D eigenvalue weighted by Crippen LogP contribution is -2.37. The number of hydrogen-bond acceptors (Lipinski definition) is 5. The summed E-state index contributed by atoms with van der Waals surface area (Å²) in [6, 6.07) is 14.5. The molecular formula is C26H28F3N5. The van der Waals surface area contributed by atoms with Gasteiger partial charge in [-0.3, -0.25) is 4.98 Å². The molecule has 0 bridgehead atoms. The Kier molecular flexibility index (Phi) is 6.77. The van der Waals surface area contributed by atoms with Gasteiger partial charge < -0.3 is 16.0 Å². The van der Waals surface area contributed by atoms with Crippen molar-refractivity contribution >= 4 is 17.2 Å². The van der Waals surface area contributed by atoms with Crippen molar-refractivity contribution in [3.05, 3.63) is 77.6 Å². The standard InChI is InChI=1S/C26H28F3N5/c1-16(2)33-22-11-20(13-30-14-22)19-6-4-18(5-7-19)10-17(3)34-25-23-9-8-21(26(27,28)29)12-24(23)31-15-32-25/h4-9,11-14,16-17,31,33H,10,15H2,1-3H3,(H,32,34). The second-order valence-corrected chi connectivity index (χ2v) is 8.81. The summed E-state index contributed by atoms with van der Waals surface area (Å²) in [7, 11) is 0. The zero-order valence-electron chi connectivity index (χ0n) is 19.4. The van der Waals surface area contributed by atoms with Crippen LogP contribution in [0.4, 0.5) is 24.5 Å². The molecule has 1 aromatic heterocycles. The Morgan fingerprint density at radius 1 is 0.941 bits per heavy atom. The molecule has 4 rings (SSSR count). The van der Waals surface area contributed by atoms with Crippen LogP contribution in [0.25, 0.3) is 11.1 Å². The summed E-state index contributed by atoms with van der Waals surface area (Å²) < 4.78 is 39.1. The van der Waals surface area contributed by atoms with E-state index in [0.717, 1.165) is 40.9 Å². The Labute approximate surface area is 197 Å². The Morgan fingerprint density at radius 2 is 1.71 bits per heavy atom. The van der Waals surface area contributed by atoms with Gasteiger partial charge in [0.15, 0.2) is 0 Å². The molecule has 2 aromatic carbocycles. The summed E-state index contributed by atoms with van der Waals surface area (Å²) in [5.41, 5.74) is 4.67. The minimum Gasteiger partial charge on any atom is -0.382 e. The van der Waals surface area contributed by atoms with E-state index in [9.17, 15) is 13.2 Å². The average molecular weight is 468 g/mol. The van der Waals surface area contributed by atoms with Crippen molar-refractivity contribution in [3.8, 4) is 11.1 Å². The first kappa shape index (κ1) is 23.6. The van der Waals surface area contributed by atoms with Crippen LogP contribution in [0.15, 0.2) is 65.9 Å². The first-order chi connectivity index (χ1) is 16.2. The predicted octanol–water partition coefficient (Wildman–Crippen LogP) is 5.94. The fraction of sp³-hybridized carbons (Fsp3) is 0.308. The van der Waals surface area contributed by atoms with Gasteiger partial charge in [-0.1, -0.05) is 24.3 Å². The molecule has 1 unspecified atom stereocenters. The quantitative estimate of drug-likeness (QED) is 0.420. The number of rotatable bonds is 6. The van der Waals surface area contributed by atoms with E-state index in [4.69, 9.17) is 0 Å². The molecule has 178 valence electrons. The Bertz CT molecular complexity index is 1170. The highest BCUT2D eigenvalue weighted by atomic mass is 19.4.